The van der Waals surface area contributed by atoms with Crippen LogP contribution in [0.4, 0.5) is 5.82 Å². The summed E-state index contributed by atoms with van der Waals surface area (Å²) in [5.74, 6) is 1.12. The predicted molar refractivity (Wildman–Crippen MR) is 85.3 cm³/mol. The van der Waals surface area contributed by atoms with Crippen LogP contribution >= 0.6 is 0 Å². The van der Waals surface area contributed by atoms with Crippen LogP contribution in [0.25, 0.3) is 0 Å². The molecule has 1 saturated heterocycles. The molecule has 1 aliphatic heterocycles. The normalized spacial score (nSPS) is 16.9. The molecule has 0 radical (unpaired) electrons. The van der Waals surface area contributed by atoms with Crippen LogP contribution < -0.4 is 4.90 Å². The van der Waals surface area contributed by atoms with Gasteiger partial charge in [0.15, 0.2) is 0 Å². The Hall–Kier alpha value is -1.13. The van der Waals surface area contributed by atoms with Gasteiger partial charge in [-0.2, -0.15) is 0 Å². The SMILES string of the molecule is CCN(CC)CCCN1CCN(c2ccccn2)CC1. The lowest BCUT2D eigenvalue weighted by molar-refractivity contribution is 0.227. The standard InChI is InChI=1S/C16H28N4/c1-3-18(4-2)10-7-11-19-12-14-20(15-13-19)16-8-5-6-9-17-16/h5-6,8-9H,3-4,7,10-15H2,1-2H3. The molecule has 1 fully saturated rings. The fourth-order valence-electron chi connectivity index (χ4n) is 2.80. The van der Waals surface area contributed by atoms with E-state index in [1.54, 1.807) is 0 Å². The highest BCUT2D eigenvalue weighted by atomic mass is 15.3. The maximum absolute atomic E-state index is 4.44. The molecule has 2 rings (SSSR count). The summed E-state index contributed by atoms with van der Waals surface area (Å²) in [5.41, 5.74) is 0. The number of aromatic nitrogens is 1. The van der Waals surface area contributed by atoms with E-state index in [1.165, 1.54) is 32.6 Å². The third-order valence-electron chi connectivity index (χ3n) is 4.19. The van der Waals surface area contributed by atoms with Crippen molar-refractivity contribution < 1.29 is 0 Å². The topological polar surface area (TPSA) is 22.6 Å². The Bertz CT molecular complexity index is 356. The Balaban J connectivity index is 1.67. The number of anilines is 1. The van der Waals surface area contributed by atoms with Crippen molar-refractivity contribution in [3.63, 3.8) is 0 Å². The van der Waals surface area contributed by atoms with Crippen molar-refractivity contribution in [2.24, 2.45) is 0 Å². The van der Waals surface area contributed by atoms with Gasteiger partial charge in [0.05, 0.1) is 0 Å². The average Bonchev–Trinajstić information content (AvgIpc) is 2.53. The smallest absolute Gasteiger partial charge is 0.128 e. The molecule has 0 unspecified atom stereocenters. The molecule has 1 aromatic heterocycles. The lowest BCUT2D eigenvalue weighted by Gasteiger charge is -2.35. The Kier molecular flexibility index (Phi) is 6.27. The molecule has 2 heterocycles. The van der Waals surface area contributed by atoms with E-state index >= 15 is 0 Å². The van der Waals surface area contributed by atoms with Gasteiger partial charge in [0.2, 0.25) is 0 Å². The summed E-state index contributed by atoms with van der Waals surface area (Å²) in [7, 11) is 0. The second kappa shape index (κ2) is 8.22. The monoisotopic (exact) mass is 276 g/mol. The largest absolute Gasteiger partial charge is 0.354 e. The molecule has 4 heteroatoms. The van der Waals surface area contributed by atoms with Crippen molar-refractivity contribution in [2.75, 3.05) is 57.3 Å². The molecule has 4 nitrogen and oxygen atoms in total. The van der Waals surface area contributed by atoms with Crippen LogP contribution in [0.5, 0.6) is 0 Å². The van der Waals surface area contributed by atoms with Gasteiger partial charge in [0.25, 0.3) is 0 Å². The first-order valence-corrected chi connectivity index (χ1v) is 7.94. The molecule has 1 aromatic rings. The molecule has 0 aliphatic carbocycles. The Morgan fingerprint density at radius 3 is 2.45 bits per heavy atom. The van der Waals surface area contributed by atoms with Crippen LogP contribution in [0.3, 0.4) is 0 Å². The van der Waals surface area contributed by atoms with Crippen LogP contribution in [-0.4, -0.2) is 67.1 Å². The third kappa shape index (κ3) is 4.46. The highest BCUT2D eigenvalue weighted by molar-refractivity contribution is 5.38. The number of rotatable bonds is 7. The quantitative estimate of drug-likeness (QED) is 0.759. The molecule has 112 valence electrons. The molecule has 0 amide bonds. The van der Waals surface area contributed by atoms with Gasteiger partial charge in [0.1, 0.15) is 5.82 Å². The van der Waals surface area contributed by atoms with Gasteiger partial charge in [-0.1, -0.05) is 19.9 Å². The van der Waals surface area contributed by atoms with Crippen LogP contribution in [0, 0.1) is 0 Å². The predicted octanol–water partition coefficient (Wildman–Crippen LogP) is 1.94. The van der Waals surface area contributed by atoms with Crippen molar-refractivity contribution >= 4 is 5.82 Å². The van der Waals surface area contributed by atoms with Crippen LogP contribution in [0.15, 0.2) is 24.4 Å². The zero-order valence-corrected chi connectivity index (χ0v) is 13.0. The summed E-state index contributed by atoms with van der Waals surface area (Å²) in [6.07, 6.45) is 3.16. The van der Waals surface area contributed by atoms with E-state index in [0.29, 0.717) is 0 Å². The zero-order valence-electron chi connectivity index (χ0n) is 13.0. The molecule has 1 aliphatic rings. The second-order valence-corrected chi connectivity index (χ2v) is 5.40. The summed E-state index contributed by atoms with van der Waals surface area (Å²) in [6.45, 7) is 13.8. The first-order chi connectivity index (χ1) is 9.83. The fourth-order valence-corrected chi connectivity index (χ4v) is 2.80. The highest BCUT2D eigenvalue weighted by Gasteiger charge is 2.17. The Morgan fingerprint density at radius 1 is 1.10 bits per heavy atom. The average molecular weight is 276 g/mol. The van der Waals surface area contributed by atoms with Crippen molar-refractivity contribution in [1.82, 2.24) is 14.8 Å². The molecular formula is C16H28N4. The van der Waals surface area contributed by atoms with Gasteiger partial charge >= 0.3 is 0 Å². The fraction of sp³-hybridized carbons (Fsp3) is 0.688. The summed E-state index contributed by atoms with van der Waals surface area (Å²) in [5, 5.41) is 0. The molecule has 0 spiro atoms. The van der Waals surface area contributed by atoms with Gasteiger partial charge in [-0.25, -0.2) is 4.98 Å². The van der Waals surface area contributed by atoms with E-state index in [1.807, 2.05) is 12.3 Å². The van der Waals surface area contributed by atoms with Gasteiger partial charge in [-0.15, -0.1) is 0 Å². The second-order valence-electron chi connectivity index (χ2n) is 5.40. The summed E-state index contributed by atoms with van der Waals surface area (Å²) < 4.78 is 0. The third-order valence-corrected chi connectivity index (χ3v) is 4.19. The molecule has 0 aromatic carbocycles. The van der Waals surface area contributed by atoms with Crippen molar-refractivity contribution in [2.45, 2.75) is 20.3 Å². The number of piperazine rings is 1. The molecule has 20 heavy (non-hydrogen) atoms. The maximum atomic E-state index is 4.44. The minimum Gasteiger partial charge on any atom is -0.354 e. The van der Waals surface area contributed by atoms with Crippen LogP contribution in [-0.2, 0) is 0 Å². The number of nitrogens with zero attached hydrogens (tertiary/aromatic N) is 4. The maximum Gasteiger partial charge on any atom is 0.128 e. The first kappa shape index (κ1) is 15.3. The van der Waals surface area contributed by atoms with Gasteiger partial charge in [-0.3, -0.25) is 4.90 Å². The van der Waals surface area contributed by atoms with Crippen LogP contribution in [0.2, 0.25) is 0 Å². The Morgan fingerprint density at radius 2 is 1.85 bits per heavy atom. The zero-order chi connectivity index (χ0) is 14.2. The lowest BCUT2D eigenvalue weighted by atomic mass is 10.2. The van der Waals surface area contributed by atoms with E-state index in [9.17, 15) is 0 Å². The minimum absolute atomic E-state index is 1.10. The van der Waals surface area contributed by atoms with Gasteiger partial charge < -0.3 is 9.80 Å². The highest BCUT2D eigenvalue weighted by Crippen LogP contribution is 2.12. The summed E-state index contributed by atoms with van der Waals surface area (Å²) >= 11 is 0. The van der Waals surface area contributed by atoms with Crippen LogP contribution in [0.1, 0.15) is 20.3 Å². The molecule has 0 bridgehead atoms. The van der Waals surface area contributed by atoms with Crippen molar-refractivity contribution in [1.29, 1.82) is 0 Å². The number of hydrogen-bond acceptors (Lipinski definition) is 4. The van der Waals surface area contributed by atoms with E-state index in [4.69, 9.17) is 0 Å². The van der Waals surface area contributed by atoms with Gasteiger partial charge in [-0.05, 0) is 44.7 Å². The van der Waals surface area contributed by atoms with E-state index in [-0.39, 0.29) is 0 Å². The summed E-state index contributed by atoms with van der Waals surface area (Å²) in [4.78, 5) is 11.9. The minimum atomic E-state index is 1.10. The summed E-state index contributed by atoms with van der Waals surface area (Å²) in [6, 6.07) is 6.15. The number of hydrogen-bond donors (Lipinski definition) is 0. The Labute approximate surface area is 123 Å². The van der Waals surface area contributed by atoms with Gasteiger partial charge in [0, 0.05) is 32.4 Å². The molecule has 0 saturated carbocycles. The van der Waals surface area contributed by atoms with E-state index in [0.717, 1.165) is 32.0 Å². The lowest BCUT2D eigenvalue weighted by Crippen LogP contribution is -2.47. The number of pyridine rings is 1. The van der Waals surface area contributed by atoms with Crippen molar-refractivity contribution in [3.05, 3.63) is 24.4 Å². The van der Waals surface area contributed by atoms with E-state index < -0.39 is 0 Å². The van der Waals surface area contributed by atoms with Crippen molar-refractivity contribution in [3.8, 4) is 0 Å². The van der Waals surface area contributed by atoms with E-state index in [2.05, 4.69) is 45.7 Å². The molecule has 0 atom stereocenters. The first-order valence-electron chi connectivity index (χ1n) is 7.94. The molecular weight excluding hydrogens is 248 g/mol. The molecule has 0 N–H and O–H groups in total.